The van der Waals surface area contributed by atoms with Crippen LogP contribution in [0.1, 0.15) is 0 Å². The zero-order valence-electron chi connectivity index (χ0n) is 9.51. The van der Waals surface area contributed by atoms with Crippen molar-refractivity contribution in [3.63, 3.8) is 0 Å². The molecule has 0 atom stereocenters. The van der Waals surface area contributed by atoms with E-state index in [1.54, 1.807) is 0 Å². The van der Waals surface area contributed by atoms with E-state index in [0.717, 1.165) is 0 Å². The molecule has 0 aliphatic carbocycles. The number of rotatable bonds is 9. The van der Waals surface area contributed by atoms with Gasteiger partial charge < -0.3 is 15.2 Å². The van der Waals surface area contributed by atoms with E-state index in [9.17, 15) is 8.42 Å². The van der Waals surface area contributed by atoms with Gasteiger partial charge in [-0.25, -0.2) is 8.42 Å². The Hall–Kier alpha value is -0.280. The summed E-state index contributed by atoms with van der Waals surface area (Å²) in [4.78, 5) is -0.0418. The van der Waals surface area contributed by atoms with Gasteiger partial charge in [0.15, 0.2) is 0 Å². The fourth-order valence-electron chi connectivity index (χ4n) is 1.05. The van der Waals surface area contributed by atoms with E-state index in [0.29, 0.717) is 13.2 Å². The average molecular weight is 270 g/mol. The van der Waals surface area contributed by atoms with Crippen molar-refractivity contribution in [3.05, 3.63) is 0 Å². The third-order valence-corrected chi connectivity index (χ3v) is 3.96. The molecule has 0 aromatic heterocycles. The van der Waals surface area contributed by atoms with E-state index in [2.05, 4.69) is 12.2 Å². The third-order valence-electron chi connectivity index (χ3n) is 1.81. The maximum absolute atomic E-state index is 11.8. The average Bonchev–Trinajstić information content (AvgIpc) is 2.15. The first-order chi connectivity index (χ1) is 7.44. The third kappa shape index (κ3) is 6.33. The molecule has 0 unspecified atom stereocenters. The molecule has 0 aliphatic heterocycles. The summed E-state index contributed by atoms with van der Waals surface area (Å²) < 4.78 is 34.5. The quantitative estimate of drug-likeness (QED) is 0.552. The van der Waals surface area contributed by atoms with E-state index in [1.807, 2.05) is 0 Å². The number of hydrogen-bond acceptors (Lipinski definition) is 5. The van der Waals surface area contributed by atoms with Crippen LogP contribution in [0, 0.1) is 0 Å². The number of methoxy groups -OCH3 is 2. The highest BCUT2D eigenvalue weighted by Gasteiger charge is 2.22. The van der Waals surface area contributed by atoms with Gasteiger partial charge in [-0.2, -0.15) is 4.31 Å². The minimum Gasteiger partial charge on any atom is -0.392 e. The second kappa shape index (κ2) is 7.91. The molecule has 0 rings (SSSR count). The van der Waals surface area contributed by atoms with Gasteiger partial charge in [0.1, 0.15) is 5.75 Å². The Morgan fingerprint density at radius 2 is 1.69 bits per heavy atom. The lowest BCUT2D eigenvalue weighted by Crippen LogP contribution is -2.40. The minimum absolute atomic E-state index is 0.0418. The smallest absolute Gasteiger partial charge is 0.220 e. The van der Waals surface area contributed by atoms with Crippen molar-refractivity contribution in [3.8, 4) is 0 Å². The van der Waals surface area contributed by atoms with Crippen LogP contribution in [0.25, 0.3) is 0 Å². The van der Waals surface area contributed by atoms with Crippen LogP contribution >= 0.6 is 12.2 Å². The van der Waals surface area contributed by atoms with Gasteiger partial charge in [-0.1, -0.05) is 12.2 Å². The Labute approximate surface area is 102 Å². The highest BCUT2D eigenvalue weighted by Crippen LogP contribution is 2.01. The molecule has 0 amide bonds. The Morgan fingerprint density at radius 3 is 2.00 bits per heavy atom. The van der Waals surface area contributed by atoms with Gasteiger partial charge in [-0.3, -0.25) is 0 Å². The number of hydrogen-bond donors (Lipinski definition) is 1. The van der Waals surface area contributed by atoms with Gasteiger partial charge in [-0.15, -0.1) is 0 Å². The van der Waals surface area contributed by atoms with E-state index >= 15 is 0 Å². The Kier molecular flexibility index (Phi) is 7.77. The second-order valence-corrected chi connectivity index (χ2v) is 5.60. The molecule has 0 saturated heterocycles. The van der Waals surface area contributed by atoms with Gasteiger partial charge >= 0.3 is 0 Å². The Morgan fingerprint density at radius 1 is 1.25 bits per heavy atom. The first-order valence-electron chi connectivity index (χ1n) is 4.68. The minimum atomic E-state index is -3.46. The SMILES string of the molecule is COCCN(CCOC)S(=O)(=O)CC(N)=S. The highest BCUT2D eigenvalue weighted by atomic mass is 32.2. The number of sulfonamides is 1. The molecule has 0 fully saturated rings. The maximum atomic E-state index is 11.8. The largest absolute Gasteiger partial charge is 0.392 e. The summed E-state index contributed by atoms with van der Waals surface area (Å²) in [7, 11) is -0.442. The molecule has 8 heteroatoms. The van der Waals surface area contributed by atoms with E-state index in [1.165, 1.54) is 18.5 Å². The van der Waals surface area contributed by atoms with E-state index in [4.69, 9.17) is 15.2 Å². The van der Waals surface area contributed by atoms with Crippen LogP contribution in [0.3, 0.4) is 0 Å². The molecule has 0 aromatic carbocycles. The van der Waals surface area contributed by atoms with Crippen molar-refractivity contribution >= 4 is 27.2 Å². The summed E-state index contributed by atoms with van der Waals surface area (Å²) in [6, 6.07) is 0. The molecule has 2 N–H and O–H groups in total. The topological polar surface area (TPSA) is 81.9 Å². The summed E-state index contributed by atoms with van der Waals surface area (Å²) in [5, 5.41) is 0. The molecule has 16 heavy (non-hydrogen) atoms. The number of nitrogens with two attached hydrogens (primary N) is 1. The van der Waals surface area contributed by atoms with Gasteiger partial charge in [0.05, 0.1) is 18.2 Å². The van der Waals surface area contributed by atoms with Gasteiger partial charge in [0, 0.05) is 27.3 Å². The molecule has 0 aliphatic rings. The molecule has 6 nitrogen and oxygen atoms in total. The number of ether oxygens (including phenoxy) is 2. The lowest BCUT2D eigenvalue weighted by molar-refractivity contribution is 0.150. The molecule has 0 spiro atoms. The van der Waals surface area contributed by atoms with E-state index in [-0.39, 0.29) is 23.8 Å². The van der Waals surface area contributed by atoms with Crippen LogP contribution in [-0.2, 0) is 19.5 Å². The lowest BCUT2D eigenvalue weighted by Gasteiger charge is -2.21. The van der Waals surface area contributed by atoms with Crippen molar-refractivity contribution < 1.29 is 17.9 Å². The predicted octanol–water partition coefficient (Wildman–Crippen LogP) is -0.803. The van der Waals surface area contributed by atoms with Crippen LogP contribution in [0.5, 0.6) is 0 Å². The van der Waals surface area contributed by atoms with Gasteiger partial charge in [0.2, 0.25) is 10.0 Å². The number of thiocarbonyl (C=S) groups is 1. The van der Waals surface area contributed by atoms with Crippen molar-refractivity contribution in [2.24, 2.45) is 5.73 Å². The van der Waals surface area contributed by atoms with Crippen LogP contribution < -0.4 is 5.73 Å². The summed E-state index contributed by atoms with van der Waals surface area (Å²) in [6.45, 7) is 1.18. The Balaban J connectivity index is 4.51. The van der Waals surface area contributed by atoms with Crippen LogP contribution in [-0.4, -0.2) is 64.0 Å². The molecular weight excluding hydrogens is 252 g/mol. The molecule has 0 aromatic rings. The van der Waals surface area contributed by atoms with Crippen molar-refractivity contribution in [1.29, 1.82) is 0 Å². The van der Waals surface area contributed by atoms with Gasteiger partial charge in [-0.05, 0) is 0 Å². The zero-order chi connectivity index (χ0) is 12.6. The zero-order valence-corrected chi connectivity index (χ0v) is 11.1. The van der Waals surface area contributed by atoms with Crippen LogP contribution in [0.15, 0.2) is 0 Å². The monoisotopic (exact) mass is 270 g/mol. The van der Waals surface area contributed by atoms with E-state index < -0.39 is 10.0 Å². The molecule has 0 bridgehead atoms. The first-order valence-corrected chi connectivity index (χ1v) is 6.69. The van der Waals surface area contributed by atoms with Crippen molar-refractivity contribution in [1.82, 2.24) is 4.31 Å². The first kappa shape index (κ1) is 15.7. The molecule has 96 valence electrons. The molecule has 0 heterocycles. The second-order valence-electron chi connectivity index (χ2n) is 3.11. The molecule has 0 radical (unpaired) electrons. The van der Waals surface area contributed by atoms with Crippen LogP contribution in [0.4, 0.5) is 0 Å². The predicted molar refractivity (Wildman–Crippen MR) is 65.9 cm³/mol. The fourth-order valence-corrected chi connectivity index (χ4v) is 2.74. The summed E-state index contributed by atoms with van der Waals surface area (Å²) in [5.41, 5.74) is 5.24. The molecular formula is C8H18N2O4S2. The van der Waals surface area contributed by atoms with Crippen molar-refractivity contribution in [2.75, 3.05) is 46.3 Å². The fraction of sp³-hybridized carbons (Fsp3) is 0.875. The van der Waals surface area contributed by atoms with Crippen LogP contribution in [0.2, 0.25) is 0 Å². The number of nitrogens with zero attached hydrogens (tertiary/aromatic N) is 1. The summed E-state index contributed by atoms with van der Waals surface area (Å²) >= 11 is 4.60. The van der Waals surface area contributed by atoms with Crippen molar-refractivity contribution in [2.45, 2.75) is 0 Å². The standard InChI is InChI=1S/C8H18N2O4S2/c1-13-5-3-10(4-6-14-2)16(11,12)7-8(9)15/h3-7H2,1-2H3,(H2,9,15). The summed E-state index contributed by atoms with van der Waals surface area (Å²) in [5.74, 6) is -0.324. The Bertz CT molecular complexity index is 297. The maximum Gasteiger partial charge on any atom is 0.220 e. The van der Waals surface area contributed by atoms with Gasteiger partial charge in [0.25, 0.3) is 0 Å². The lowest BCUT2D eigenvalue weighted by atomic mass is 10.6. The highest BCUT2D eigenvalue weighted by molar-refractivity contribution is 7.92. The summed E-state index contributed by atoms with van der Waals surface area (Å²) in [6.07, 6.45) is 0. The molecule has 0 saturated carbocycles. The normalized spacial score (nSPS) is 11.9.